The van der Waals surface area contributed by atoms with Gasteiger partial charge in [-0.3, -0.25) is 9.59 Å². The van der Waals surface area contributed by atoms with Crippen molar-refractivity contribution in [1.82, 2.24) is 0 Å². The number of carbonyl (C=O) groups excluding carboxylic acids is 2. The van der Waals surface area contributed by atoms with Crippen molar-refractivity contribution in [2.45, 2.75) is 0 Å². The van der Waals surface area contributed by atoms with Gasteiger partial charge >= 0.3 is 0 Å². The van der Waals surface area contributed by atoms with Crippen LogP contribution in [0.4, 0.5) is 21.5 Å². The summed E-state index contributed by atoms with van der Waals surface area (Å²) in [6.07, 6.45) is 0. The van der Waals surface area contributed by atoms with Crippen LogP contribution in [0.2, 0.25) is 0 Å². The first kappa shape index (κ1) is 13.3. The molecule has 0 unspecified atom stereocenters. The van der Waals surface area contributed by atoms with Crippen LogP contribution in [0, 0.1) is 5.82 Å². The molecule has 0 saturated carbocycles. The van der Waals surface area contributed by atoms with Crippen molar-refractivity contribution in [2.75, 3.05) is 23.9 Å². The molecule has 0 aliphatic carbocycles. The van der Waals surface area contributed by atoms with Crippen molar-refractivity contribution in [2.24, 2.45) is 0 Å². The molecule has 106 valence electrons. The van der Waals surface area contributed by atoms with Crippen LogP contribution in [0.5, 0.6) is 0 Å². The summed E-state index contributed by atoms with van der Waals surface area (Å²) in [5, 5.41) is 0. The molecule has 0 radical (unpaired) electrons. The number of amides is 1. The number of likely N-dealkylation sites (N-methyl/N-ethyl adjacent to an activating group) is 1. The summed E-state index contributed by atoms with van der Waals surface area (Å²) in [6, 6.07) is 11.3. The minimum absolute atomic E-state index is 0.294. The van der Waals surface area contributed by atoms with Crippen LogP contribution < -0.4 is 9.80 Å². The molecule has 4 nitrogen and oxygen atoms in total. The number of Topliss-reactive ketones (excluding diaryl/α,β-unsaturated/α-hetero) is 1. The second-order valence-corrected chi connectivity index (χ2v) is 4.93. The lowest BCUT2D eigenvalue weighted by molar-refractivity contribution is -0.114. The van der Waals surface area contributed by atoms with E-state index in [1.165, 1.54) is 17.0 Å². The van der Waals surface area contributed by atoms with Crippen molar-refractivity contribution in [1.29, 1.82) is 0 Å². The molecule has 0 aromatic heterocycles. The second-order valence-electron chi connectivity index (χ2n) is 4.93. The maximum absolute atomic E-state index is 13.0. The lowest BCUT2D eigenvalue weighted by Gasteiger charge is -2.21. The summed E-state index contributed by atoms with van der Waals surface area (Å²) < 4.78 is 13.0. The molecule has 0 bridgehead atoms. The normalized spacial score (nSPS) is 13.6. The third-order valence-corrected chi connectivity index (χ3v) is 3.69. The Bertz CT molecular complexity index is 740. The summed E-state index contributed by atoms with van der Waals surface area (Å²) in [6.45, 7) is 0. The first-order valence-corrected chi connectivity index (χ1v) is 6.45. The number of halogens is 1. The van der Waals surface area contributed by atoms with Gasteiger partial charge < -0.3 is 9.80 Å². The molecule has 3 rings (SSSR count). The maximum Gasteiger partial charge on any atom is 0.299 e. The van der Waals surface area contributed by atoms with E-state index in [9.17, 15) is 14.0 Å². The van der Waals surface area contributed by atoms with Crippen LogP contribution in [-0.4, -0.2) is 25.8 Å². The topological polar surface area (TPSA) is 40.6 Å². The zero-order valence-corrected chi connectivity index (χ0v) is 11.6. The third-order valence-electron chi connectivity index (χ3n) is 3.69. The van der Waals surface area contributed by atoms with Crippen molar-refractivity contribution in [3.63, 3.8) is 0 Å². The number of rotatable bonds is 2. The van der Waals surface area contributed by atoms with Gasteiger partial charge in [-0.2, -0.15) is 0 Å². The highest BCUT2D eigenvalue weighted by molar-refractivity contribution is 6.52. The highest BCUT2D eigenvalue weighted by Crippen LogP contribution is 2.33. The number of carbonyl (C=O) groups is 2. The Hall–Kier alpha value is -2.69. The van der Waals surface area contributed by atoms with Gasteiger partial charge in [-0.05, 0) is 42.5 Å². The fourth-order valence-electron chi connectivity index (χ4n) is 2.39. The molecule has 0 fully saturated rings. The van der Waals surface area contributed by atoms with Gasteiger partial charge in [-0.25, -0.2) is 4.39 Å². The number of nitrogens with zero attached hydrogens (tertiary/aromatic N) is 2. The summed E-state index contributed by atoms with van der Waals surface area (Å²) in [5.74, 6) is -1.30. The van der Waals surface area contributed by atoms with Crippen LogP contribution in [-0.2, 0) is 4.79 Å². The van der Waals surface area contributed by atoms with Gasteiger partial charge in [0.2, 0.25) is 0 Å². The number of benzene rings is 2. The second kappa shape index (κ2) is 4.70. The number of hydrogen-bond acceptors (Lipinski definition) is 3. The minimum Gasteiger partial charge on any atom is -0.345 e. The quantitative estimate of drug-likeness (QED) is 0.796. The molecule has 21 heavy (non-hydrogen) atoms. The molecule has 0 spiro atoms. The highest BCUT2D eigenvalue weighted by Gasteiger charge is 2.33. The van der Waals surface area contributed by atoms with E-state index in [0.717, 1.165) is 11.4 Å². The van der Waals surface area contributed by atoms with Gasteiger partial charge in [0.15, 0.2) is 0 Å². The standard InChI is InChI=1S/C16H13FN2O2/c1-18(11-5-3-10(17)4-6-11)12-7-8-13-14(9-12)19(2)16(21)15(13)20/h3-9H,1-2H3. The largest absolute Gasteiger partial charge is 0.345 e. The Morgan fingerprint density at radius 2 is 1.62 bits per heavy atom. The van der Waals surface area contributed by atoms with Crippen LogP contribution in [0.1, 0.15) is 10.4 Å². The van der Waals surface area contributed by atoms with E-state index in [-0.39, 0.29) is 5.82 Å². The molecule has 2 aromatic rings. The maximum atomic E-state index is 13.0. The highest BCUT2D eigenvalue weighted by atomic mass is 19.1. The zero-order chi connectivity index (χ0) is 15.1. The van der Waals surface area contributed by atoms with Crippen LogP contribution in [0.3, 0.4) is 0 Å². The lowest BCUT2D eigenvalue weighted by atomic mass is 10.1. The summed E-state index contributed by atoms with van der Waals surface area (Å²) in [5.41, 5.74) is 2.64. The number of fused-ring (bicyclic) bond motifs is 1. The molecular weight excluding hydrogens is 271 g/mol. The number of anilines is 3. The molecule has 1 aliphatic rings. The fraction of sp³-hybridized carbons (Fsp3) is 0.125. The molecule has 0 N–H and O–H groups in total. The molecule has 2 aromatic carbocycles. The van der Waals surface area contributed by atoms with E-state index in [1.54, 1.807) is 37.4 Å². The Morgan fingerprint density at radius 3 is 2.29 bits per heavy atom. The predicted molar refractivity (Wildman–Crippen MR) is 78.6 cm³/mol. The third kappa shape index (κ3) is 2.07. The van der Waals surface area contributed by atoms with Crippen molar-refractivity contribution < 1.29 is 14.0 Å². The SMILES string of the molecule is CN1C(=O)C(=O)c2ccc(N(C)c3ccc(F)cc3)cc21. The molecule has 1 aliphatic heterocycles. The van der Waals surface area contributed by atoms with E-state index in [4.69, 9.17) is 0 Å². The summed E-state index contributed by atoms with van der Waals surface area (Å²) >= 11 is 0. The van der Waals surface area contributed by atoms with E-state index in [0.29, 0.717) is 11.3 Å². The summed E-state index contributed by atoms with van der Waals surface area (Å²) in [4.78, 5) is 26.6. The smallest absolute Gasteiger partial charge is 0.299 e. The van der Waals surface area contributed by atoms with Crippen molar-refractivity contribution >= 4 is 28.8 Å². The number of hydrogen-bond donors (Lipinski definition) is 0. The summed E-state index contributed by atoms with van der Waals surface area (Å²) in [7, 11) is 3.42. The van der Waals surface area contributed by atoms with Crippen LogP contribution >= 0.6 is 0 Å². The molecule has 1 amide bonds. The monoisotopic (exact) mass is 284 g/mol. The fourth-order valence-corrected chi connectivity index (χ4v) is 2.39. The Morgan fingerprint density at radius 1 is 1.00 bits per heavy atom. The lowest BCUT2D eigenvalue weighted by Crippen LogP contribution is -2.24. The van der Waals surface area contributed by atoms with Crippen LogP contribution in [0.25, 0.3) is 0 Å². The average Bonchev–Trinajstić information content (AvgIpc) is 2.72. The van der Waals surface area contributed by atoms with Gasteiger partial charge in [0.25, 0.3) is 11.7 Å². The molecule has 0 saturated heterocycles. The van der Waals surface area contributed by atoms with Gasteiger partial charge in [-0.1, -0.05) is 0 Å². The Balaban J connectivity index is 2.00. The Labute approximate surface area is 121 Å². The Kier molecular flexibility index (Phi) is 2.97. The van der Waals surface area contributed by atoms with Crippen LogP contribution in [0.15, 0.2) is 42.5 Å². The average molecular weight is 284 g/mol. The van der Waals surface area contributed by atoms with Crippen molar-refractivity contribution in [3.05, 3.63) is 53.8 Å². The molecule has 5 heteroatoms. The molecular formula is C16H13FN2O2. The molecule has 0 atom stereocenters. The minimum atomic E-state index is -0.522. The van der Waals surface area contributed by atoms with E-state index >= 15 is 0 Å². The van der Waals surface area contributed by atoms with Gasteiger partial charge in [0.1, 0.15) is 5.82 Å². The van der Waals surface area contributed by atoms with Crippen molar-refractivity contribution in [3.8, 4) is 0 Å². The van der Waals surface area contributed by atoms with Gasteiger partial charge in [0, 0.05) is 25.5 Å². The van der Waals surface area contributed by atoms with Gasteiger partial charge in [0.05, 0.1) is 11.3 Å². The predicted octanol–water partition coefficient (Wildman–Crippen LogP) is 2.75. The van der Waals surface area contributed by atoms with E-state index in [2.05, 4.69) is 0 Å². The van der Waals surface area contributed by atoms with Gasteiger partial charge in [-0.15, -0.1) is 0 Å². The number of ketones is 1. The van der Waals surface area contributed by atoms with E-state index < -0.39 is 11.7 Å². The van der Waals surface area contributed by atoms with E-state index in [1.807, 2.05) is 11.9 Å². The zero-order valence-electron chi connectivity index (χ0n) is 11.6. The first-order chi connectivity index (χ1) is 9.99. The first-order valence-electron chi connectivity index (χ1n) is 6.45. The molecule has 1 heterocycles.